The van der Waals surface area contributed by atoms with Gasteiger partial charge in [0.1, 0.15) is 0 Å². The van der Waals surface area contributed by atoms with Crippen LogP contribution in [-0.2, 0) is 6.54 Å². The van der Waals surface area contributed by atoms with Crippen molar-refractivity contribution in [2.75, 3.05) is 0 Å². The van der Waals surface area contributed by atoms with Crippen LogP contribution in [0.3, 0.4) is 0 Å². The summed E-state index contributed by atoms with van der Waals surface area (Å²) < 4.78 is 0. The van der Waals surface area contributed by atoms with E-state index >= 15 is 0 Å². The highest BCUT2D eigenvalue weighted by atomic mass is 15.1. The molecule has 3 nitrogen and oxygen atoms in total. The zero-order valence-corrected chi connectivity index (χ0v) is 6.91. The van der Waals surface area contributed by atoms with E-state index in [9.17, 15) is 0 Å². The molecule has 11 heavy (non-hydrogen) atoms. The Labute approximate surface area is 66.6 Å². The summed E-state index contributed by atoms with van der Waals surface area (Å²) >= 11 is 0. The summed E-state index contributed by atoms with van der Waals surface area (Å²) in [5.41, 5.74) is 7.81. The monoisotopic (exact) mass is 151 g/mol. The van der Waals surface area contributed by atoms with Gasteiger partial charge in [-0.2, -0.15) is 10.2 Å². The molecule has 0 radical (unpaired) electrons. The number of rotatable bonds is 2. The molecule has 1 aromatic rings. The molecule has 0 aromatic carbocycles. The molecule has 0 atom stereocenters. The van der Waals surface area contributed by atoms with E-state index in [0.717, 1.165) is 5.56 Å². The quantitative estimate of drug-likeness (QED) is 0.687. The lowest BCUT2D eigenvalue weighted by molar-refractivity contribution is 0.809. The average Bonchev–Trinajstić information content (AvgIpc) is 2.04. The third-order valence-electron chi connectivity index (χ3n) is 1.69. The molecule has 0 aliphatic heterocycles. The van der Waals surface area contributed by atoms with Crippen LogP contribution in [0, 0.1) is 0 Å². The Morgan fingerprint density at radius 2 is 2.00 bits per heavy atom. The highest BCUT2D eigenvalue weighted by Gasteiger charge is 2.04. The summed E-state index contributed by atoms with van der Waals surface area (Å²) in [5, 5.41) is 7.58. The maximum Gasteiger partial charge on any atom is 0.0543 e. The van der Waals surface area contributed by atoms with Crippen LogP contribution in [0.25, 0.3) is 0 Å². The predicted octanol–water partition coefficient (Wildman–Crippen LogP) is 1.06. The van der Waals surface area contributed by atoms with E-state index in [1.165, 1.54) is 5.56 Å². The van der Waals surface area contributed by atoms with Gasteiger partial charge in [-0.3, -0.25) is 0 Å². The van der Waals surface area contributed by atoms with Gasteiger partial charge in [-0.1, -0.05) is 13.8 Å². The molecule has 2 N–H and O–H groups in total. The molecular formula is C8H13N3. The maximum absolute atomic E-state index is 5.52. The number of aromatic nitrogens is 2. The van der Waals surface area contributed by atoms with E-state index in [2.05, 4.69) is 24.0 Å². The van der Waals surface area contributed by atoms with Crippen molar-refractivity contribution in [2.24, 2.45) is 5.73 Å². The fourth-order valence-electron chi connectivity index (χ4n) is 1.05. The fraction of sp³-hybridized carbons (Fsp3) is 0.500. The first-order valence-electron chi connectivity index (χ1n) is 3.75. The van der Waals surface area contributed by atoms with E-state index in [1.54, 1.807) is 12.4 Å². The van der Waals surface area contributed by atoms with Crippen molar-refractivity contribution < 1.29 is 0 Å². The van der Waals surface area contributed by atoms with E-state index in [1.807, 2.05) is 0 Å². The van der Waals surface area contributed by atoms with Crippen LogP contribution < -0.4 is 5.73 Å². The standard InChI is InChI=1S/C8H13N3/c1-6(2)8-5-11-10-4-7(8)3-9/h4-6H,3,9H2,1-2H3. The zero-order chi connectivity index (χ0) is 8.27. The molecule has 0 bridgehead atoms. The number of hydrogen-bond donors (Lipinski definition) is 1. The number of nitrogens with two attached hydrogens (primary N) is 1. The number of hydrogen-bond acceptors (Lipinski definition) is 3. The second kappa shape index (κ2) is 3.44. The third-order valence-corrected chi connectivity index (χ3v) is 1.69. The molecule has 1 heterocycles. The third kappa shape index (κ3) is 1.74. The average molecular weight is 151 g/mol. The highest BCUT2D eigenvalue weighted by Crippen LogP contribution is 2.15. The van der Waals surface area contributed by atoms with Crippen molar-refractivity contribution >= 4 is 0 Å². The van der Waals surface area contributed by atoms with E-state index < -0.39 is 0 Å². The SMILES string of the molecule is CC(C)c1cnncc1CN. The van der Waals surface area contributed by atoms with Gasteiger partial charge in [-0.05, 0) is 17.0 Å². The van der Waals surface area contributed by atoms with Gasteiger partial charge < -0.3 is 5.73 Å². The molecule has 3 heteroatoms. The van der Waals surface area contributed by atoms with Crippen LogP contribution in [0.15, 0.2) is 12.4 Å². The van der Waals surface area contributed by atoms with Gasteiger partial charge in [0.2, 0.25) is 0 Å². The molecule has 0 aliphatic carbocycles. The molecule has 0 saturated carbocycles. The largest absolute Gasteiger partial charge is 0.326 e. The van der Waals surface area contributed by atoms with Crippen LogP contribution >= 0.6 is 0 Å². The first-order valence-corrected chi connectivity index (χ1v) is 3.75. The Balaban J connectivity index is 3.02. The van der Waals surface area contributed by atoms with Crippen molar-refractivity contribution in [3.63, 3.8) is 0 Å². The Hall–Kier alpha value is -0.960. The van der Waals surface area contributed by atoms with Gasteiger partial charge in [0.15, 0.2) is 0 Å². The van der Waals surface area contributed by atoms with Crippen molar-refractivity contribution in [3.05, 3.63) is 23.5 Å². The Kier molecular flexibility index (Phi) is 2.54. The van der Waals surface area contributed by atoms with Gasteiger partial charge in [0.05, 0.1) is 12.4 Å². The summed E-state index contributed by atoms with van der Waals surface area (Å²) in [4.78, 5) is 0. The molecule has 0 unspecified atom stereocenters. The second-order valence-corrected chi connectivity index (χ2v) is 2.83. The normalized spacial score (nSPS) is 10.5. The first-order chi connectivity index (χ1) is 5.25. The maximum atomic E-state index is 5.52. The minimum atomic E-state index is 0.476. The summed E-state index contributed by atoms with van der Waals surface area (Å²) in [6, 6.07) is 0. The van der Waals surface area contributed by atoms with Crippen molar-refractivity contribution in [1.29, 1.82) is 0 Å². The molecule has 0 fully saturated rings. The van der Waals surface area contributed by atoms with Gasteiger partial charge in [-0.25, -0.2) is 0 Å². The lowest BCUT2D eigenvalue weighted by Crippen LogP contribution is -2.04. The Morgan fingerprint density at radius 1 is 1.36 bits per heavy atom. The minimum Gasteiger partial charge on any atom is -0.326 e. The smallest absolute Gasteiger partial charge is 0.0543 e. The van der Waals surface area contributed by atoms with Crippen LogP contribution in [0.4, 0.5) is 0 Å². The topological polar surface area (TPSA) is 51.8 Å². The van der Waals surface area contributed by atoms with E-state index in [4.69, 9.17) is 5.73 Å². The van der Waals surface area contributed by atoms with E-state index in [-0.39, 0.29) is 0 Å². The van der Waals surface area contributed by atoms with Crippen molar-refractivity contribution in [2.45, 2.75) is 26.3 Å². The van der Waals surface area contributed by atoms with Crippen LogP contribution in [0.1, 0.15) is 30.9 Å². The molecule has 1 aromatic heterocycles. The van der Waals surface area contributed by atoms with Gasteiger partial charge in [0, 0.05) is 6.54 Å². The predicted molar refractivity (Wildman–Crippen MR) is 44.0 cm³/mol. The van der Waals surface area contributed by atoms with Crippen molar-refractivity contribution in [3.8, 4) is 0 Å². The molecule has 0 spiro atoms. The molecule has 0 aliphatic rings. The molecule has 0 amide bonds. The highest BCUT2D eigenvalue weighted by molar-refractivity contribution is 5.23. The minimum absolute atomic E-state index is 0.476. The fourth-order valence-corrected chi connectivity index (χ4v) is 1.05. The lowest BCUT2D eigenvalue weighted by atomic mass is 10.0. The Bertz CT molecular complexity index is 233. The molecule has 1 rings (SSSR count). The molecule has 60 valence electrons. The van der Waals surface area contributed by atoms with Gasteiger partial charge >= 0.3 is 0 Å². The summed E-state index contributed by atoms with van der Waals surface area (Å²) in [5.74, 6) is 0.476. The summed E-state index contributed by atoms with van der Waals surface area (Å²) in [6.45, 7) is 4.79. The van der Waals surface area contributed by atoms with Crippen molar-refractivity contribution in [1.82, 2.24) is 10.2 Å². The first kappa shape index (κ1) is 8.14. The summed E-state index contributed by atoms with van der Waals surface area (Å²) in [6.07, 6.45) is 3.52. The van der Waals surface area contributed by atoms with Crippen LogP contribution in [-0.4, -0.2) is 10.2 Å². The zero-order valence-electron chi connectivity index (χ0n) is 6.91. The molecular weight excluding hydrogens is 138 g/mol. The van der Waals surface area contributed by atoms with Gasteiger partial charge in [-0.15, -0.1) is 0 Å². The van der Waals surface area contributed by atoms with Gasteiger partial charge in [0.25, 0.3) is 0 Å². The number of nitrogens with zero attached hydrogens (tertiary/aromatic N) is 2. The lowest BCUT2D eigenvalue weighted by Gasteiger charge is -2.08. The second-order valence-electron chi connectivity index (χ2n) is 2.83. The Morgan fingerprint density at radius 3 is 2.45 bits per heavy atom. The summed E-state index contributed by atoms with van der Waals surface area (Å²) in [7, 11) is 0. The van der Waals surface area contributed by atoms with Crippen LogP contribution in [0.2, 0.25) is 0 Å². The van der Waals surface area contributed by atoms with E-state index in [0.29, 0.717) is 12.5 Å². The van der Waals surface area contributed by atoms with Crippen LogP contribution in [0.5, 0.6) is 0 Å². The molecule has 0 saturated heterocycles.